The topological polar surface area (TPSA) is 128 Å². The minimum absolute atomic E-state index is 0.0930. The second kappa shape index (κ2) is 10.3. The van der Waals surface area contributed by atoms with Crippen LogP contribution in [0.3, 0.4) is 0 Å². The summed E-state index contributed by atoms with van der Waals surface area (Å²) in [6.07, 6.45) is 0.578. The first-order valence-electron chi connectivity index (χ1n) is 9.67. The summed E-state index contributed by atoms with van der Waals surface area (Å²) in [6, 6.07) is 16.3. The highest BCUT2D eigenvalue weighted by molar-refractivity contribution is 7.92. The molecule has 172 valence electrons. The van der Waals surface area contributed by atoms with Crippen molar-refractivity contribution in [3.05, 3.63) is 93.0 Å². The van der Waals surface area contributed by atoms with Crippen molar-refractivity contribution in [1.82, 2.24) is 5.32 Å². The van der Waals surface area contributed by atoms with Gasteiger partial charge in [-0.2, -0.15) is 0 Å². The number of rotatable bonds is 9. The van der Waals surface area contributed by atoms with Gasteiger partial charge in [0, 0.05) is 29.3 Å². The van der Waals surface area contributed by atoms with Crippen LogP contribution in [0, 0.1) is 10.1 Å². The number of hydrogen-bond acceptors (Lipinski definition) is 6. The van der Waals surface area contributed by atoms with Crippen molar-refractivity contribution < 1.29 is 22.9 Å². The molecule has 0 aromatic heterocycles. The summed E-state index contributed by atoms with van der Waals surface area (Å²) < 4.78 is 33.1. The molecule has 0 bridgehead atoms. The van der Waals surface area contributed by atoms with Gasteiger partial charge in [-0.15, -0.1) is 0 Å². The summed E-state index contributed by atoms with van der Waals surface area (Å²) >= 11 is 5.86. The van der Waals surface area contributed by atoms with E-state index in [0.717, 1.165) is 11.6 Å². The van der Waals surface area contributed by atoms with E-state index in [1.165, 1.54) is 43.5 Å². The lowest BCUT2D eigenvalue weighted by molar-refractivity contribution is -0.384. The van der Waals surface area contributed by atoms with Crippen molar-refractivity contribution in [3.63, 3.8) is 0 Å². The van der Waals surface area contributed by atoms with Crippen LogP contribution < -0.4 is 14.8 Å². The van der Waals surface area contributed by atoms with E-state index < -0.39 is 20.9 Å². The van der Waals surface area contributed by atoms with E-state index in [0.29, 0.717) is 18.0 Å². The van der Waals surface area contributed by atoms with Crippen molar-refractivity contribution in [2.24, 2.45) is 0 Å². The molecule has 3 rings (SSSR count). The Hall–Kier alpha value is -3.63. The Labute approximate surface area is 195 Å². The molecule has 2 N–H and O–H groups in total. The molecule has 0 aliphatic carbocycles. The molecule has 0 radical (unpaired) electrons. The lowest BCUT2D eigenvalue weighted by atomic mass is 10.1. The molecule has 33 heavy (non-hydrogen) atoms. The van der Waals surface area contributed by atoms with Crippen LogP contribution in [0.1, 0.15) is 15.9 Å². The Kier molecular flexibility index (Phi) is 7.52. The number of hydrogen-bond donors (Lipinski definition) is 2. The third-order valence-corrected chi connectivity index (χ3v) is 6.27. The van der Waals surface area contributed by atoms with Crippen LogP contribution in [0.2, 0.25) is 5.02 Å². The first-order chi connectivity index (χ1) is 15.7. The van der Waals surface area contributed by atoms with Crippen LogP contribution in [0.25, 0.3) is 0 Å². The van der Waals surface area contributed by atoms with E-state index in [9.17, 15) is 23.3 Å². The van der Waals surface area contributed by atoms with Gasteiger partial charge in [0.05, 0.1) is 22.6 Å². The monoisotopic (exact) mass is 489 g/mol. The second-order valence-electron chi connectivity index (χ2n) is 6.91. The zero-order chi connectivity index (χ0) is 24.0. The number of sulfonamides is 1. The number of nitro benzene ring substituents is 1. The Morgan fingerprint density at radius 3 is 2.48 bits per heavy atom. The maximum atomic E-state index is 12.9. The number of amides is 1. The van der Waals surface area contributed by atoms with Gasteiger partial charge in [0.1, 0.15) is 5.75 Å². The summed E-state index contributed by atoms with van der Waals surface area (Å²) in [7, 11) is -2.84. The average Bonchev–Trinajstić information content (AvgIpc) is 2.80. The average molecular weight is 490 g/mol. The second-order valence-corrected chi connectivity index (χ2v) is 9.03. The third-order valence-electron chi connectivity index (χ3n) is 4.66. The number of nitrogens with zero attached hydrogens (tertiary/aromatic N) is 1. The zero-order valence-corrected chi connectivity index (χ0v) is 19.0. The molecule has 0 atom stereocenters. The van der Waals surface area contributed by atoms with Gasteiger partial charge in [-0.05, 0) is 48.4 Å². The highest BCUT2D eigenvalue weighted by atomic mass is 35.5. The molecule has 0 spiro atoms. The fourth-order valence-electron chi connectivity index (χ4n) is 2.97. The van der Waals surface area contributed by atoms with Crippen molar-refractivity contribution in [1.29, 1.82) is 0 Å². The quantitative estimate of drug-likeness (QED) is 0.345. The van der Waals surface area contributed by atoms with Gasteiger partial charge in [0.2, 0.25) is 0 Å². The predicted molar refractivity (Wildman–Crippen MR) is 124 cm³/mol. The van der Waals surface area contributed by atoms with E-state index in [1.807, 2.05) is 12.1 Å². The number of carbonyl (C=O) groups is 1. The summed E-state index contributed by atoms with van der Waals surface area (Å²) in [4.78, 5) is 22.7. The van der Waals surface area contributed by atoms with E-state index >= 15 is 0 Å². The molecule has 11 heteroatoms. The third kappa shape index (κ3) is 6.21. The lowest BCUT2D eigenvalue weighted by Crippen LogP contribution is -2.26. The molecule has 0 heterocycles. The first kappa shape index (κ1) is 24.0. The van der Waals surface area contributed by atoms with E-state index in [4.69, 9.17) is 16.3 Å². The van der Waals surface area contributed by atoms with Crippen LogP contribution in [0.4, 0.5) is 11.4 Å². The van der Waals surface area contributed by atoms with Crippen LogP contribution >= 0.6 is 11.6 Å². The molecule has 9 nitrogen and oxygen atoms in total. The van der Waals surface area contributed by atoms with Gasteiger partial charge in [-0.25, -0.2) is 8.42 Å². The maximum Gasteiger partial charge on any atom is 0.271 e. The van der Waals surface area contributed by atoms with Crippen molar-refractivity contribution in [3.8, 4) is 5.75 Å². The first-order valence-corrected chi connectivity index (χ1v) is 11.5. The molecule has 3 aromatic rings. The normalized spacial score (nSPS) is 11.0. The Balaban J connectivity index is 1.73. The minimum atomic E-state index is -4.16. The minimum Gasteiger partial charge on any atom is -0.495 e. The molecule has 0 saturated carbocycles. The van der Waals surface area contributed by atoms with Crippen molar-refractivity contribution >= 4 is 38.9 Å². The number of non-ortho nitro benzene ring substituents is 1. The Morgan fingerprint density at radius 2 is 1.82 bits per heavy atom. The molecule has 3 aromatic carbocycles. The summed E-state index contributed by atoms with van der Waals surface area (Å²) in [5.74, 6) is -0.325. The molecule has 0 fully saturated rings. The summed E-state index contributed by atoms with van der Waals surface area (Å²) in [6.45, 7) is 0.348. The van der Waals surface area contributed by atoms with Crippen LogP contribution in [-0.4, -0.2) is 32.9 Å². The standard InChI is InChI=1S/C22H20ClN3O6S/c1-32-21-10-9-18(26(28)29)14-20(21)25-33(30,31)19-4-2-3-16(13-19)22(27)24-12-11-15-5-7-17(23)8-6-15/h2-10,13-14,25H,11-12H2,1H3,(H,24,27). The molecule has 0 unspecified atom stereocenters. The number of halogens is 1. The number of nitro groups is 1. The van der Waals surface area contributed by atoms with Gasteiger partial charge < -0.3 is 10.1 Å². The predicted octanol–water partition coefficient (Wildman–Crippen LogP) is 4.03. The SMILES string of the molecule is COc1ccc([N+](=O)[O-])cc1NS(=O)(=O)c1cccc(C(=O)NCCc2ccc(Cl)cc2)c1. The molecular formula is C22H20ClN3O6S. The number of methoxy groups -OCH3 is 1. The van der Waals surface area contributed by atoms with Crippen LogP contribution in [0.15, 0.2) is 71.6 Å². The van der Waals surface area contributed by atoms with E-state index in [-0.39, 0.29) is 27.6 Å². The number of ether oxygens (including phenoxy) is 1. The van der Waals surface area contributed by atoms with Gasteiger partial charge in [0.25, 0.3) is 21.6 Å². The van der Waals surface area contributed by atoms with Crippen LogP contribution in [-0.2, 0) is 16.4 Å². The smallest absolute Gasteiger partial charge is 0.271 e. The fourth-order valence-corrected chi connectivity index (χ4v) is 4.20. The highest BCUT2D eigenvalue weighted by Gasteiger charge is 2.20. The van der Waals surface area contributed by atoms with E-state index in [1.54, 1.807) is 12.1 Å². The van der Waals surface area contributed by atoms with E-state index in [2.05, 4.69) is 10.0 Å². The Morgan fingerprint density at radius 1 is 1.09 bits per heavy atom. The zero-order valence-electron chi connectivity index (χ0n) is 17.4. The molecule has 0 saturated heterocycles. The molecule has 1 amide bonds. The number of carbonyl (C=O) groups excluding carboxylic acids is 1. The molecule has 0 aliphatic heterocycles. The van der Waals surface area contributed by atoms with Crippen LogP contribution in [0.5, 0.6) is 5.75 Å². The van der Waals surface area contributed by atoms with Crippen molar-refractivity contribution in [2.75, 3.05) is 18.4 Å². The van der Waals surface area contributed by atoms with Gasteiger partial charge in [-0.3, -0.25) is 19.6 Å². The molecule has 0 aliphatic rings. The highest BCUT2D eigenvalue weighted by Crippen LogP contribution is 2.31. The maximum absolute atomic E-state index is 12.9. The van der Waals surface area contributed by atoms with Gasteiger partial charge in [-0.1, -0.05) is 29.8 Å². The van der Waals surface area contributed by atoms with Crippen molar-refractivity contribution in [2.45, 2.75) is 11.3 Å². The Bertz CT molecular complexity index is 1280. The molecular weight excluding hydrogens is 470 g/mol. The summed E-state index contributed by atoms with van der Waals surface area (Å²) in [5.41, 5.74) is 0.748. The lowest BCUT2D eigenvalue weighted by Gasteiger charge is -2.12. The fraction of sp³-hybridized carbons (Fsp3) is 0.136. The van der Waals surface area contributed by atoms with Gasteiger partial charge >= 0.3 is 0 Å². The largest absolute Gasteiger partial charge is 0.495 e. The summed E-state index contributed by atoms with van der Waals surface area (Å²) in [5, 5.41) is 14.4. The number of nitrogens with one attached hydrogen (secondary N) is 2. The van der Waals surface area contributed by atoms with Gasteiger partial charge in [0.15, 0.2) is 0 Å². The number of benzene rings is 3. The number of anilines is 1.